The number of ether oxygens (including phenoxy) is 1. The van der Waals surface area contributed by atoms with Crippen LogP contribution in [-0.2, 0) is 26.5 Å². The number of rotatable bonds is 2. The third-order valence-electron chi connectivity index (χ3n) is 1.08. The van der Waals surface area contributed by atoms with Gasteiger partial charge in [0.15, 0.2) is 6.67 Å². The van der Waals surface area contributed by atoms with Gasteiger partial charge in [-0.2, -0.15) is 0 Å². The van der Waals surface area contributed by atoms with E-state index in [4.69, 9.17) is 15.3 Å². The van der Waals surface area contributed by atoms with Gasteiger partial charge in [-0.15, -0.1) is 0 Å². The number of carbonyl (C=O) groups excluding carboxylic acids is 1. The van der Waals surface area contributed by atoms with E-state index in [1.54, 1.807) is 71.9 Å². The summed E-state index contributed by atoms with van der Waals surface area (Å²) in [7, 11) is 0. The number of hydrogen-bond acceptors (Lipinski definition) is 5. The molecular formula is C17H31FO5Ti. The Bertz CT molecular complexity index is 337. The SMILES string of the molecule is CC(C)O.CC(C)O.CC(C)O.O=C(CF)Oc1ccccc1.[Ti]. The average molecular weight is 382 g/mol. The minimum atomic E-state index is -1.09. The van der Waals surface area contributed by atoms with Crippen molar-refractivity contribution in [2.75, 3.05) is 6.67 Å². The number of halogens is 1. The van der Waals surface area contributed by atoms with E-state index < -0.39 is 12.6 Å². The Labute approximate surface area is 159 Å². The Morgan fingerprint density at radius 3 is 1.46 bits per heavy atom. The second-order valence-electron chi connectivity index (χ2n) is 5.20. The average Bonchev–Trinajstić information content (AvgIpc) is 2.37. The van der Waals surface area contributed by atoms with Crippen molar-refractivity contribution in [3.8, 4) is 5.75 Å². The molecule has 0 aromatic heterocycles. The molecule has 7 heteroatoms. The van der Waals surface area contributed by atoms with Crippen LogP contribution in [0.3, 0.4) is 0 Å². The third-order valence-corrected chi connectivity index (χ3v) is 1.08. The molecule has 0 unspecified atom stereocenters. The molecule has 0 fully saturated rings. The molecule has 0 saturated carbocycles. The number of esters is 1. The number of aliphatic hydroxyl groups is 3. The molecule has 5 nitrogen and oxygen atoms in total. The summed E-state index contributed by atoms with van der Waals surface area (Å²) in [6.07, 6.45) is -0.500. The monoisotopic (exact) mass is 382 g/mol. The molecule has 24 heavy (non-hydrogen) atoms. The summed E-state index contributed by atoms with van der Waals surface area (Å²) < 4.78 is 16.1. The fraction of sp³-hybridized carbons (Fsp3) is 0.588. The van der Waals surface area contributed by atoms with Crippen molar-refractivity contribution in [1.29, 1.82) is 0 Å². The number of benzene rings is 1. The molecule has 1 aromatic carbocycles. The largest absolute Gasteiger partial charge is 0.425 e. The van der Waals surface area contributed by atoms with Crippen LogP contribution in [0.1, 0.15) is 41.5 Å². The first kappa shape index (κ1) is 31.0. The van der Waals surface area contributed by atoms with E-state index in [0.717, 1.165) is 0 Å². The van der Waals surface area contributed by atoms with Gasteiger partial charge in [-0.25, -0.2) is 9.18 Å². The first-order valence-corrected chi connectivity index (χ1v) is 7.38. The molecule has 140 valence electrons. The fourth-order valence-corrected chi connectivity index (χ4v) is 0.647. The smallest absolute Gasteiger partial charge is 0.342 e. The molecule has 0 aliphatic carbocycles. The maximum absolute atomic E-state index is 11.6. The van der Waals surface area contributed by atoms with Gasteiger partial charge in [-0.1, -0.05) is 18.2 Å². The second-order valence-corrected chi connectivity index (χ2v) is 5.20. The molecule has 0 spiro atoms. The van der Waals surface area contributed by atoms with Crippen LogP contribution in [0.25, 0.3) is 0 Å². The molecule has 0 radical (unpaired) electrons. The van der Waals surface area contributed by atoms with Crippen molar-refractivity contribution in [2.45, 2.75) is 59.9 Å². The molecular weight excluding hydrogens is 351 g/mol. The normalized spacial score (nSPS) is 8.71. The van der Waals surface area contributed by atoms with E-state index in [9.17, 15) is 9.18 Å². The quantitative estimate of drug-likeness (QED) is 0.416. The Balaban J connectivity index is -0.000000130. The first-order valence-electron chi connectivity index (χ1n) is 7.38. The van der Waals surface area contributed by atoms with E-state index in [2.05, 4.69) is 4.74 Å². The number of carbonyl (C=O) groups is 1. The van der Waals surface area contributed by atoms with Crippen LogP contribution in [0.15, 0.2) is 30.3 Å². The standard InChI is InChI=1S/C8H7FO2.3C3H8O.Ti/c9-6-8(10)11-7-4-2-1-3-5-7;3*1-3(2)4;/h1-5H,6H2;3*3-4H,1-2H3;. The van der Waals surface area contributed by atoms with Crippen molar-refractivity contribution < 1.29 is 51.0 Å². The number of aliphatic hydroxyl groups excluding tert-OH is 3. The minimum Gasteiger partial charge on any atom is -0.425 e. The van der Waals surface area contributed by atoms with Crippen LogP contribution in [0.4, 0.5) is 4.39 Å². The van der Waals surface area contributed by atoms with Gasteiger partial charge in [-0.3, -0.25) is 0 Å². The van der Waals surface area contributed by atoms with Gasteiger partial charge < -0.3 is 20.1 Å². The van der Waals surface area contributed by atoms with E-state index in [1.807, 2.05) is 0 Å². The molecule has 0 aliphatic heterocycles. The van der Waals surface area contributed by atoms with Crippen LogP contribution in [0.2, 0.25) is 0 Å². The summed E-state index contributed by atoms with van der Waals surface area (Å²) in [6, 6.07) is 8.38. The predicted octanol–water partition coefficient (Wildman–Crippen LogP) is 2.72. The van der Waals surface area contributed by atoms with Crippen molar-refractivity contribution in [1.82, 2.24) is 0 Å². The van der Waals surface area contributed by atoms with Crippen LogP contribution < -0.4 is 4.74 Å². The number of para-hydroxylation sites is 1. The van der Waals surface area contributed by atoms with Crippen LogP contribution in [-0.4, -0.2) is 46.3 Å². The molecule has 0 amide bonds. The molecule has 3 N–H and O–H groups in total. The molecule has 1 rings (SSSR count). The maximum Gasteiger partial charge on any atom is 0.342 e. The van der Waals surface area contributed by atoms with E-state index in [-0.39, 0.29) is 40.0 Å². The summed E-state index contributed by atoms with van der Waals surface area (Å²) in [5.41, 5.74) is 0. The fourth-order valence-electron chi connectivity index (χ4n) is 0.647. The summed E-state index contributed by atoms with van der Waals surface area (Å²) in [5.74, 6) is -0.494. The van der Waals surface area contributed by atoms with E-state index in [0.29, 0.717) is 5.75 Å². The van der Waals surface area contributed by atoms with Gasteiger partial charge in [0.05, 0.1) is 0 Å². The zero-order chi connectivity index (χ0) is 18.8. The van der Waals surface area contributed by atoms with E-state index >= 15 is 0 Å². The third kappa shape index (κ3) is 49.6. The Hall–Kier alpha value is -0.786. The zero-order valence-corrected chi connectivity index (χ0v) is 16.9. The van der Waals surface area contributed by atoms with Crippen molar-refractivity contribution in [2.24, 2.45) is 0 Å². The Kier molecular flexibility index (Phi) is 28.7. The van der Waals surface area contributed by atoms with Crippen molar-refractivity contribution >= 4 is 5.97 Å². The van der Waals surface area contributed by atoms with Crippen molar-refractivity contribution in [3.05, 3.63) is 30.3 Å². The Morgan fingerprint density at radius 2 is 1.21 bits per heavy atom. The van der Waals surface area contributed by atoms with Crippen LogP contribution >= 0.6 is 0 Å². The van der Waals surface area contributed by atoms with Crippen LogP contribution in [0.5, 0.6) is 5.75 Å². The molecule has 0 atom stereocenters. The topological polar surface area (TPSA) is 87.0 Å². The zero-order valence-electron chi connectivity index (χ0n) is 15.4. The van der Waals surface area contributed by atoms with Crippen LogP contribution in [0, 0.1) is 0 Å². The number of alkyl halides is 1. The molecule has 0 aliphatic rings. The maximum atomic E-state index is 11.6. The Morgan fingerprint density at radius 1 is 0.917 bits per heavy atom. The summed E-state index contributed by atoms with van der Waals surface area (Å²) in [5, 5.41) is 24.2. The minimum absolute atomic E-state index is 0. The van der Waals surface area contributed by atoms with Gasteiger partial charge in [-0.05, 0) is 53.7 Å². The van der Waals surface area contributed by atoms with E-state index in [1.165, 1.54) is 0 Å². The van der Waals surface area contributed by atoms with Gasteiger partial charge in [0, 0.05) is 40.0 Å². The first-order chi connectivity index (χ1) is 10.5. The summed E-state index contributed by atoms with van der Waals surface area (Å²) >= 11 is 0. The number of hydrogen-bond donors (Lipinski definition) is 3. The molecule has 0 saturated heterocycles. The summed E-state index contributed by atoms with van der Waals surface area (Å²) in [4.78, 5) is 10.4. The molecule has 1 aromatic rings. The summed E-state index contributed by atoms with van der Waals surface area (Å²) in [6.45, 7) is 9.24. The van der Waals surface area contributed by atoms with Crippen molar-refractivity contribution in [3.63, 3.8) is 0 Å². The van der Waals surface area contributed by atoms with Gasteiger partial charge in [0.2, 0.25) is 0 Å². The van der Waals surface area contributed by atoms with Gasteiger partial charge in [0.25, 0.3) is 0 Å². The second kappa shape index (κ2) is 22.2. The molecule has 0 bridgehead atoms. The van der Waals surface area contributed by atoms with Gasteiger partial charge >= 0.3 is 5.97 Å². The predicted molar refractivity (Wildman–Crippen MR) is 90.1 cm³/mol. The van der Waals surface area contributed by atoms with Gasteiger partial charge in [0.1, 0.15) is 5.75 Å². The molecule has 0 heterocycles.